The second kappa shape index (κ2) is 11.2. The third kappa shape index (κ3) is 6.37. The molecule has 0 spiro atoms. The van der Waals surface area contributed by atoms with Crippen molar-refractivity contribution < 1.29 is 44.3 Å². The van der Waals surface area contributed by atoms with Gasteiger partial charge in [-0.05, 0) is 66.3 Å². The normalized spacial score (nSPS) is 19.6. The van der Waals surface area contributed by atoms with E-state index in [-0.39, 0.29) is 0 Å². The van der Waals surface area contributed by atoms with Crippen molar-refractivity contribution >= 4 is 0 Å². The van der Waals surface area contributed by atoms with E-state index in [1.165, 1.54) is 56.2 Å². The van der Waals surface area contributed by atoms with Crippen LogP contribution < -0.4 is 4.74 Å². The van der Waals surface area contributed by atoms with Crippen molar-refractivity contribution in [1.29, 1.82) is 0 Å². The molecule has 0 aliphatic heterocycles. The van der Waals surface area contributed by atoms with Gasteiger partial charge in [0.2, 0.25) is 0 Å². The molecule has 2 aromatic rings. The van der Waals surface area contributed by atoms with Gasteiger partial charge in [-0.1, -0.05) is 69.0 Å². The van der Waals surface area contributed by atoms with Crippen LogP contribution in [-0.2, 0) is 0 Å². The predicted octanol–water partition coefficient (Wildman–Crippen LogP) is 10.0. The van der Waals surface area contributed by atoms with Crippen molar-refractivity contribution in [3.8, 4) is 16.9 Å². The van der Waals surface area contributed by atoms with Crippen molar-refractivity contribution in [3.05, 3.63) is 54.1 Å². The number of rotatable bonds is 10. The van der Waals surface area contributed by atoms with Crippen LogP contribution in [0.3, 0.4) is 0 Å². The first-order chi connectivity index (χ1) is 17.2. The molecule has 0 heterocycles. The maximum absolute atomic E-state index is 13.7. The Kier molecular flexibility index (Phi) is 8.79. The maximum atomic E-state index is 13.7. The van der Waals surface area contributed by atoms with Gasteiger partial charge in [-0.2, -0.15) is 39.5 Å². The Labute approximate surface area is 210 Å². The topological polar surface area (TPSA) is 9.23 Å². The van der Waals surface area contributed by atoms with Gasteiger partial charge in [0.1, 0.15) is 5.75 Å². The highest BCUT2D eigenvalue weighted by molar-refractivity contribution is 5.64. The van der Waals surface area contributed by atoms with Crippen molar-refractivity contribution in [1.82, 2.24) is 0 Å². The summed E-state index contributed by atoms with van der Waals surface area (Å²) in [6.45, 7) is 2.19. The van der Waals surface area contributed by atoms with Gasteiger partial charge in [0.25, 0.3) is 0 Å². The Balaban J connectivity index is 1.63. The largest absolute Gasteiger partial charge is 0.471 e. The molecule has 2 aromatic carbocycles. The van der Waals surface area contributed by atoms with E-state index in [1.807, 2.05) is 24.3 Å². The fourth-order valence-corrected chi connectivity index (χ4v) is 4.70. The first-order valence-corrected chi connectivity index (χ1v) is 12.3. The number of alkyl halides is 9. The standard InChI is InChI=1S/C27H29F9O/c1-2-3-4-5-18-6-8-19(9-7-18)20-10-12-21(13-11-20)22-14-16-23(17-15-22)37-27(35,36)25(30,31)24(28,29)26(32,33)34/h10-19H,2-9H2,1H3. The van der Waals surface area contributed by atoms with Gasteiger partial charge in [0.15, 0.2) is 0 Å². The SMILES string of the molecule is CCCCCC1CCC(c2ccc(-c3ccc(OC(F)(F)C(F)(F)C(F)(F)C(F)(F)F)cc3)cc2)CC1. The van der Waals surface area contributed by atoms with Crippen LogP contribution in [0.25, 0.3) is 11.1 Å². The average molecular weight is 541 g/mol. The van der Waals surface area contributed by atoms with Gasteiger partial charge in [-0.15, -0.1) is 0 Å². The molecule has 0 aromatic heterocycles. The number of unbranched alkanes of at least 4 members (excludes halogenated alkanes) is 2. The van der Waals surface area contributed by atoms with E-state index in [0.717, 1.165) is 30.9 Å². The van der Waals surface area contributed by atoms with Crippen LogP contribution in [0.5, 0.6) is 5.75 Å². The van der Waals surface area contributed by atoms with Gasteiger partial charge in [-0.3, -0.25) is 0 Å². The van der Waals surface area contributed by atoms with Gasteiger partial charge in [0, 0.05) is 0 Å². The highest BCUT2D eigenvalue weighted by Gasteiger charge is 2.83. The zero-order valence-electron chi connectivity index (χ0n) is 20.2. The minimum absolute atomic E-state index is 0.450. The van der Waals surface area contributed by atoms with Gasteiger partial charge in [-0.25, -0.2) is 0 Å². The number of halogens is 9. The van der Waals surface area contributed by atoms with E-state index in [0.29, 0.717) is 17.0 Å². The zero-order chi connectivity index (χ0) is 27.5. The summed E-state index contributed by atoms with van der Waals surface area (Å²) < 4.78 is 121. The monoisotopic (exact) mass is 540 g/mol. The Bertz CT molecular complexity index is 990. The van der Waals surface area contributed by atoms with Crippen LogP contribution in [0.1, 0.15) is 69.8 Å². The van der Waals surface area contributed by atoms with Crippen LogP contribution in [0.2, 0.25) is 0 Å². The smallest absolute Gasteiger partial charge is 0.428 e. The van der Waals surface area contributed by atoms with Crippen molar-refractivity contribution in [2.45, 2.75) is 88.3 Å². The lowest BCUT2D eigenvalue weighted by molar-refractivity contribution is -0.428. The molecular weight excluding hydrogens is 511 g/mol. The van der Waals surface area contributed by atoms with Crippen LogP contribution in [0.4, 0.5) is 39.5 Å². The van der Waals surface area contributed by atoms with E-state index >= 15 is 0 Å². The molecule has 206 valence electrons. The third-order valence-electron chi connectivity index (χ3n) is 6.99. The molecule has 0 N–H and O–H groups in total. The lowest BCUT2D eigenvalue weighted by Gasteiger charge is -2.33. The summed E-state index contributed by atoms with van der Waals surface area (Å²) in [7, 11) is 0. The molecule has 0 amide bonds. The number of benzene rings is 2. The minimum atomic E-state index is -7.00. The Hall–Kier alpha value is -2.39. The minimum Gasteiger partial charge on any atom is -0.428 e. The molecule has 37 heavy (non-hydrogen) atoms. The van der Waals surface area contributed by atoms with Crippen molar-refractivity contribution in [2.24, 2.45) is 5.92 Å². The lowest BCUT2D eigenvalue weighted by atomic mass is 9.77. The van der Waals surface area contributed by atoms with Gasteiger partial charge >= 0.3 is 24.1 Å². The Morgan fingerprint density at radius 1 is 0.676 bits per heavy atom. The first kappa shape index (κ1) is 29.2. The molecule has 1 aliphatic carbocycles. The maximum Gasteiger partial charge on any atom is 0.471 e. The van der Waals surface area contributed by atoms with E-state index in [1.54, 1.807) is 0 Å². The number of hydrogen-bond acceptors (Lipinski definition) is 1. The quantitative estimate of drug-likeness (QED) is 0.215. The molecule has 0 atom stereocenters. The molecule has 1 saturated carbocycles. The fraction of sp³-hybridized carbons (Fsp3) is 0.556. The Morgan fingerprint density at radius 3 is 1.68 bits per heavy atom. The van der Waals surface area contributed by atoms with Crippen LogP contribution in [-0.4, -0.2) is 24.1 Å². The highest BCUT2D eigenvalue weighted by atomic mass is 19.4. The van der Waals surface area contributed by atoms with Crippen molar-refractivity contribution in [3.63, 3.8) is 0 Å². The lowest BCUT2D eigenvalue weighted by Crippen LogP contribution is -2.62. The molecule has 1 nitrogen and oxygen atoms in total. The zero-order valence-corrected chi connectivity index (χ0v) is 20.2. The molecular formula is C27H29F9O. The molecule has 0 bridgehead atoms. The molecule has 0 unspecified atom stereocenters. The second-order valence-corrected chi connectivity index (χ2v) is 9.63. The summed E-state index contributed by atoms with van der Waals surface area (Å²) in [5, 5.41) is 0. The van der Waals surface area contributed by atoms with Crippen LogP contribution >= 0.6 is 0 Å². The average Bonchev–Trinajstić information content (AvgIpc) is 2.84. The predicted molar refractivity (Wildman–Crippen MR) is 122 cm³/mol. The third-order valence-corrected chi connectivity index (χ3v) is 6.99. The first-order valence-electron chi connectivity index (χ1n) is 12.3. The van der Waals surface area contributed by atoms with E-state index < -0.39 is 29.9 Å². The molecule has 0 saturated heterocycles. The van der Waals surface area contributed by atoms with E-state index in [4.69, 9.17) is 0 Å². The summed E-state index contributed by atoms with van der Waals surface area (Å²) in [4.78, 5) is 0. The molecule has 10 heteroatoms. The summed E-state index contributed by atoms with van der Waals surface area (Å²) in [5.41, 5.74) is 2.36. The molecule has 3 rings (SSSR count). The Morgan fingerprint density at radius 2 is 1.19 bits per heavy atom. The molecule has 1 fully saturated rings. The van der Waals surface area contributed by atoms with Crippen LogP contribution in [0, 0.1) is 5.92 Å². The summed E-state index contributed by atoms with van der Waals surface area (Å²) in [5.74, 6) is -13.6. The fourth-order valence-electron chi connectivity index (χ4n) is 4.70. The second-order valence-electron chi connectivity index (χ2n) is 9.63. The van der Waals surface area contributed by atoms with Crippen molar-refractivity contribution in [2.75, 3.05) is 0 Å². The summed E-state index contributed by atoms with van der Waals surface area (Å²) >= 11 is 0. The van der Waals surface area contributed by atoms with Gasteiger partial charge < -0.3 is 4.74 Å². The summed E-state index contributed by atoms with van der Waals surface area (Å²) in [6.07, 6.45) is -3.41. The van der Waals surface area contributed by atoms with E-state index in [2.05, 4.69) is 11.7 Å². The number of hydrogen-bond donors (Lipinski definition) is 0. The molecule has 1 aliphatic rings. The summed E-state index contributed by atoms with van der Waals surface area (Å²) in [6, 6.07) is 11.6. The van der Waals surface area contributed by atoms with Gasteiger partial charge in [0.05, 0.1) is 0 Å². The number of ether oxygens (including phenoxy) is 1. The van der Waals surface area contributed by atoms with E-state index in [9.17, 15) is 39.5 Å². The van der Waals surface area contributed by atoms with Crippen LogP contribution in [0.15, 0.2) is 48.5 Å². The highest BCUT2D eigenvalue weighted by Crippen LogP contribution is 2.53. The molecule has 0 radical (unpaired) electrons.